The number of benzene rings is 2. The zero-order valence-corrected chi connectivity index (χ0v) is 19.0. The fraction of sp³-hybridized carbons (Fsp3) is 0.217. The van der Waals surface area contributed by atoms with Crippen molar-refractivity contribution >= 4 is 57.5 Å². The van der Waals surface area contributed by atoms with Crippen LogP contribution in [0.15, 0.2) is 54.9 Å². The third kappa shape index (κ3) is 4.26. The molecule has 4 aromatic rings. The molecule has 1 aliphatic rings. The van der Waals surface area contributed by atoms with Gasteiger partial charge in [-0.2, -0.15) is 9.97 Å². The van der Waals surface area contributed by atoms with Crippen LogP contribution in [0.3, 0.4) is 0 Å². The van der Waals surface area contributed by atoms with E-state index in [2.05, 4.69) is 36.1 Å². The number of nitrogens with one attached hydrogen (secondary N) is 1. The van der Waals surface area contributed by atoms with E-state index in [-0.39, 0.29) is 0 Å². The van der Waals surface area contributed by atoms with Crippen LogP contribution < -0.4 is 15.1 Å². The molecule has 0 bridgehead atoms. The lowest BCUT2D eigenvalue weighted by Gasteiger charge is -2.36. The molecule has 1 aliphatic heterocycles. The Morgan fingerprint density at radius 1 is 0.875 bits per heavy atom. The second kappa shape index (κ2) is 8.76. The van der Waals surface area contributed by atoms with E-state index >= 15 is 0 Å². The van der Waals surface area contributed by atoms with Crippen molar-refractivity contribution in [2.75, 3.05) is 41.3 Å². The number of halogens is 2. The summed E-state index contributed by atoms with van der Waals surface area (Å²) < 4.78 is 0. The van der Waals surface area contributed by atoms with Gasteiger partial charge in [0.25, 0.3) is 0 Å². The molecule has 162 valence electrons. The van der Waals surface area contributed by atoms with Crippen molar-refractivity contribution in [1.29, 1.82) is 0 Å². The fourth-order valence-electron chi connectivity index (χ4n) is 3.73. The van der Waals surface area contributed by atoms with Gasteiger partial charge in [0.05, 0.1) is 0 Å². The standard InChI is InChI=1S/C23H21Cl2N7/c1-15-5-6-17(14-19(15)25)28-22-20-21(27-8-7-26-20)29-23(30-22)32-11-9-31(10-12-32)18-4-2-3-16(24)13-18/h2-8,13-14H,9-12H2,1H3,(H,27,28,29,30). The quantitative estimate of drug-likeness (QED) is 0.449. The number of piperazine rings is 1. The minimum atomic E-state index is 0.551. The first-order valence-corrected chi connectivity index (χ1v) is 11.1. The first kappa shape index (κ1) is 20.7. The Hall–Kier alpha value is -3.16. The Morgan fingerprint density at radius 3 is 2.44 bits per heavy atom. The average molecular weight is 466 g/mol. The van der Waals surface area contributed by atoms with Crippen LogP contribution in [0.25, 0.3) is 11.2 Å². The van der Waals surface area contributed by atoms with Crippen LogP contribution in [0, 0.1) is 6.92 Å². The van der Waals surface area contributed by atoms with Crippen LogP contribution in [0.5, 0.6) is 0 Å². The van der Waals surface area contributed by atoms with Gasteiger partial charge in [-0.3, -0.25) is 0 Å². The van der Waals surface area contributed by atoms with E-state index < -0.39 is 0 Å². The molecule has 0 aliphatic carbocycles. The van der Waals surface area contributed by atoms with Crippen molar-refractivity contribution in [3.63, 3.8) is 0 Å². The number of aromatic nitrogens is 4. The molecular formula is C23H21Cl2N7. The van der Waals surface area contributed by atoms with Gasteiger partial charge in [0.1, 0.15) is 0 Å². The van der Waals surface area contributed by atoms with E-state index in [1.165, 1.54) is 0 Å². The van der Waals surface area contributed by atoms with E-state index in [9.17, 15) is 0 Å². The summed E-state index contributed by atoms with van der Waals surface area (Å²) in [5.74, 6) is 1.24. The molecule has 0 amide bonds. The average Bonchev–Trinajstić information content (AvgIpc) is 2.81. The van der Waals surface area contributed by atoms with E-state index in [0.29, 0.717) is 28.0 Å². The van der Waals surface area contributed by atoms with Crippen LogP contribution in [0.4, 0.5) is 23.1 Å². The van der Waals surface area contributed by atoms with Crippen LogP contribution >= 0.6 is 23.2 Å². The Balaban J connectivity index is 1.41. The number of aryl methyl sites for hydroxylation is 1. The van der Waals surface area contributed by atoms with Gasteiger partial charge in [-0.05, 0) is 42.8 Å². The Labute approximate surface area is 196 Å². The summed E-state index contributed by atoms with van der Waals surface area (Å²) in [7, 11) is 0. The Morgan fingerprint density at radius 2 is 1.66 bits per heavy atom. The smallest absolute Gasteiger partial charge is 0.229 e. The molecule has 2 aromatic heterocycles. The molecule has 32 heavy (non-hydrogen) atoms. The highest BCUT2D eigenvalue weighted by molar-refractivity contribution is 6.31. The van der Waals surface area contributed by atoms with Crippen molar-refractivity contribution in [2.24, 2.45) is 0 Å². The molecule has 0 saturated carbocycles. The van der Waals surface area contributed by atoms with Gasteiger partial charge in [0.15, 0.2) is 17.0 Å². The lowest BCUT2D eigenvalue weighted by Crippen LogP contribution is -2.47. The molecule has 0 atom stereocenters. The molecule has 3 heterocycles. The molecule has 1 fully saturated rings. The molecule has 2 aromatic carbocycles. The summed E-state index contributed by atoms with van der Waals surface area (Å²) in [6.45, 7) is 5.23. The molecule has 0 radical (unpaired) electrons. The second-order valence-corrected chi connectivity index (χ2v) is 8.49. The largest absolute Gasteiger partial charge is 0.368 e. The second-order valence-electron chi connectivity index (χ2n) is 7.64. The van der Waals surface area contributed by atoms with Crippen molar-refractivity contribution in [2.45, 2.75) is 6.92 Å². The summed E-state index contributed by atoms with van der Waals surface area (Å²) in [5, 5.41) is 4.78. The molecule has 0 spiro atoms. The summed E-state index contributed by atoms with van der Waals surface area (Å²) in [4.78, 5) is 22.8. The van der Waals surface area contributed by atoms with E-state index in [1.54, 1.807) is 12.4 Å². The zero-order valence-electron chi connectivity index (χ0n) is 17.5. The minimum absolute atomic E-state index is 0.551. The van der Waals surface area contributed by atoms with Gasteiger partial charge in [-0.25, -0.2) is 9.97 Å². The molecule has 5 rings (SSSR count). The number of anilines is 4. The van der Waals surface area contributed by atoms with Gasteiger partial charge in [-0.15, -0.1) is 0 Å². The first-order chi connectivity index (χ1) is 15.6. The number of rotatable bonds is 4. The van der Waals surface area contributed by atoms with Crippen molar-refractivity contribution in [1.82, 2.24) is 19.9 Å². The number of hydrogen-bond donors (Lipinski definition) is 1. The molecular weight excluding hydrogens is 445 g/mol. The fourth-order valence-corrected chi connectivity index (χ4v) is 4.09. The van der Waals surface area contributed by atoms with Gasteiger partial charge in [0.2, 0.25) is 5.95 Å². The van der Waals surface area contributed by atoms with Gasteiger partial charge in [0, 0.05) is 60.0 Å². The van der Waals surface area contributed by atoms with E-state index in [0.717, 1.165) is 48.1 Å². The normalized spacial score (nSPS) is 14.1. The van der Waals surface area contributed by atoms with Crippen LogP contribution in [0.2, 0.25) is 10.0 Å². The minimum Gasteiger partial charge on any atom is -0.368 e. The number of hydrogen-bond acceptors (Lipinski definition) is 7. The number of fused-ring (bicyclic) bond motifs is 1. The molecule has 0 unspecified atom stereocenters. The van der Waals surface area contributed by atoms with Gasteiger partial charge in [-0.1, -0.05) is 35.3 Å². The third-order valence-electron chi connectivity index (χ3n) is 5.49. The lowest BCUT2D eigenvalue weighted by atomic mass is 10.2. The van der Waals surface area contributed by atoms with Crippen LogP contribution in [0.1, 0.15) is 5.56 Å². The maximum absolute atomic E-state index is 6.30. The summed E-state index contributed by atoms with van der Waals surface area (Å²) in [5.41, 5.74) is 4.15. The maximum atomic E-state index is 6.30. The predicted octanol–water partition coefficient (Wildman–Crippen LogP) is 5.11. The van der Waals surface area contributed by atoms with Gasteiger partial charge < -0.3 is 15.1 Å². The zero-order chi connectivity index (χ0) is 22.1. The SMILES string of the molecule is Cc1ccc(Nc2nc(N3CCN(c4cccc(Cl)c4)CC3)nc3nccnc23)cc1Cl. The topological polar surface area (TPSA) is 70.1 Å². The van der Waals surface area contributed by atoms with Crippen molar-refractivity contribution in [3.05, 3.63) is 70.5 Å². The highest BCUT2D eigenvalue weighted by atomic mass is 35.5. The molecule has 7 nitrogen and oxygen atoms in total. The molecule has 9 heteroatoms. The maximum Gasteiger partial charge on any atom is 0.229 e. The third-order valence-corrected chi connectivity index (χ3v) is 6.13. The lowest BCUT2D eigenvalue weighted by molar-refractivity contribution is 0.641. The van der Waals surface area contributed by atoms with E-state index in [1.807, 2.05) is 43.3 Å². The van der Waals surface area contributed by atoms with Crippen molar-refractivity contribution in [3.8, 4) is 0 Å². The highest BCUT2D eigenvalue weighted by Crippen LogP contribution is 2.28. The number of nitrogens with zero attached hydrogens (tertiary/aromatic N) is 6. The van der Waals surface area contributed by atoms with E-state index in [4.69, 9.17) is 28.2 Å². The highest BCUT2D eigenvalue weighted by Gasteiger charge is 2.21. The van der Waals surface area contributed by atoms with Crippen LogP contribution in [-0.2, 0) is 0 Å². The van der Waals surface area contributed by atoms with Crippen LogP contribution in [-0.4, -0.2) is 46.1 Å². The monoisotopic (exact) mass is 465 g/mol. The van der Waals surface area contributed by atoms with Gasteiger partial charge >= 0.3 is 0 Å². The molecule has 1 N–H and O–H groups in total. The summed E-state index contributed by atoms with van der Waals surface area (Å²) in [6.07, 6.45) is 3.28. The Bertz CT molecular complexity index is 1270. The predicted molar refractivity (Wildman–Crippen MR) is 130 cm³/mol. The Kier molecular flexibility index (Phi) is 5.68. The first-order valence-electron chi connectivity index (χ1n) is 10.3. The van der Waals surface area contributed by atoms with Crippen molar-refractivity contribution < 1.29 is 0 Å². The summed E-state index contributed by atoms with van der Waals surface area (Å²) in [6, 6.07) is 13.8. The molecule has 1 saturated heterocycles. The summed E-state index contributed by atoms with van der Waals surface area (Å²) >= 11 is 12.5.